The number of hydrogen-bond acceptors (Lipinski definition) is 6. The number of nitrogens with zero attached hydrogens (tertiary/aromatic N) is 5. The van der Waals surface area contributed by atoms with Gasteiger partial charge in [0.2, 0.25) is 5.95 Å². The fraction of sp³-hybridized carbons (Fsp3) is 0.455. The second kappa shape index (κ2) is 5.53. The molecule has 0 unspecified atom stereocenters. The van der Waals surface area contributed by atoms with Gasteiger partial charge in [-0.05, 0) is 13.8 Å². The van der Waals surface area contributed by atoms with Crippen molar-refractivity contribution in [1.82, 2.24) is 24.5 Å². The average molecular weight is 296 g/mol. The van der Waals surface area contributed by atoms with Crippen LogP contribution in [-0.4, -0.2) is 35.6 Å². The number of thioether (sulfide) groups is 1. The number of hydrogen-bond donors (Lipinski definition) is 2. The van der Waals surface area contributed by atoms with Crippen LogP contribution < -0.4 is 5.73 Å². The molecule has 108 valence electrons. The molecule has 0 saturated carbocycles. The fourth-order valence-corrected chi connectivity index (χ4v) is 2.97. The first-order chi connectivity index (χ1) is 9.41. The number of aromatic carboxylic acids is 1. The number of carboxylic acid groups (broad SMARTS) is 1. The van der Waals surface area contributed by atoms with Crippen molar-refractivity contribution in [2.24, 2.45) is 7.05 Å². The van der Waals surface area contributed by atoms with E-state index in [0.29, 0.717) is 22.6 Å². The molecule has 2 aromatic rings. The highest BCUT2D eigenvalue weighted by atomic mass is 32.2. The lowest BCUT2D eigenvalue weighted by Gasteiger charge is -2.11. The lowest BCUT2D eigenvalue weighted by Crippen LogP contribution is -2.08. The van der Waals surface area contributed by atoms with Crippen molar-refractivity contribution < 1.29 is 9.90 Å². The zero-order chi connectivity index (χ0) is 14.9. The van der Waals surface area contributed by atoms with E-state index in [1.165, 1.54) is 18.0 Å². The van der Waals surface area contributed by atoms with Crippen LogP contribution in [0.25, 0.3) is 0 Å². The second-order valence-electron chi connectivity index (χ2n) is 4.53. The first-order valence-corrected chi connectivity index (χ1v) is 6.97. The lowest BCUT2D eigenvalue weighted by atomic mass is 10.3. The van der Waals surface area contributed by atoms with E-state index in [0.717, 1.165) is 0 Å². The number of nitrogens with two attached hydrogens (primary N) is 1. The van der Waals surface area contributed by atoms with Gasteiger partial charge in [0.15, 0.2) is 5.16 Å². The molecular weight excluding hydrogens is 280 g/mol. The standard InChI is InChI=1S/C11H16N6O2S/c1-6(2)17-10(12)14-15-11(17)20-5-8-7(9(18)19)4-13-16(8)3/h4,6H,5H2,1-3H3,(H2,12,14)(H,18,19). The molecule has 0 aliphatic rings. The molecule has 0 amide bonds. The van der Waals surface area contributed by atoms with Crippen molar-refractivity contribution in [3.8, 4) is 0 Å². The van der Waals surface area contributed by atoms with Crippen LogP contribution in [-0.2, 0) is 12.8 Å². The minimum atomic E-state index is -0.987. The van der Waals surface area contributed by atoms with Crippen LogP contribution in [0.2, 0.25) is 0 Å². The Balaban J connectivity index is 2.22. The van der Waals surface area contributed by atoms with E-state index >= 15 is 0 Å². The molecule has 0 aromatic carbocycles. The molecule has 0 atom stereocenters. The summed E-state index contributed by atoms with van der Waals surface area (Å²) in [4.78, 5) is 11.1. The van der Waals surface area contributed by atoms with E-state index < -0.39 is 5.97 Å². The minimum absolute atomic E-state index is 0.137. The molecule has 0 aliphatic heterocycles. The van der Waals surface area contributed by atoms with Gasteiger partial charge in [-0.2, -0.15) is 5.10 Å². The summed E-state index contributed by atoms with van der Waals surface area (Å²) in [5.41, 5.74) is 6.59. The van der Waals surface area contributed by atoms with Crippen LogP contribution in [0.5, 0.6) is 0 Å². The van der Waals surface area contributed by atoms with Crippen LogP contribution in [0.4, 0.5) is 5.95 Å². The van der Waals surface area contributed by atoms with Crippen LogP contribution >= 0.6 is 11.8 Å². The van der Waals surface area contributed by atoms with E-state index in [9.17, 15) is 4.79 Å². The second-order valence-corrected chi connectivity index (χ2v) is 5.47. The highest BCUT2D eigenvalue weighted by Crippen LogP contribution is 2.26. The van der Waals surface area contributed by atoms with Crippen LogP contribution in [0.15, 0.2) is 11.4 Å². The first-order valence-electron chi connectivity index (χ1n) is 5.99. The van der Waals surface area contributed by atoms with Crippen molar-refractivity contribution in [3.05, 3.63) is 17.5 Å². The average Bonchev–Trinajstić information content (AvgIpc) is 2.90. The van der Waals surface area contributed by atoms with E-state index in [1.54, 1.807) is 11.7 Å². The maximum absolute atomic E-state index is 11.1. The third-order valence-electron chi connectivity index (χ3n) is 2.84. The molecule has 2 aromatic heterocycles. The first kappa shape index (κ1) is 14.4. The number of nitrogen functional groups attached to an aromatic ring is 1. The maximum Gasteiger partial charge on any atom is 0.339 e. The van der Waals surface area contributed by atoms with Gasteiger partial charge in [-0.1, -0.05) is 11.8 Å². The van der Waals surface area contributed by atoms with E-state index in [4.69, 9.17) is 10.8 Å². The SMILES string of the molecule is CC(C)n1c(N)nnc1SCc1c(C(=O)O)cnn1C. The molecule has 0 spiro atoms. The highest BCUT2D eigenvalue weighted by Gasteiger charge is 2.18. The molecule has 2 heterocycles. The van der Waals surface area contributed by atoms with Crippen molar-refractivity contribution in [2.45, 2.75) is 30.8 Å². The fourth-order valence-electron chi connectivity index (χ4n) is 1.82. The summed E-state index contributed by atoms with van der Waals surface area (Å²) in [6.07, 6.45) is 1.35. The molecule has 0 saturated heterocycles. The van der Waals surface area contributed by atoms with Crippen molar-refractivity contribution in [2.75, 3.05) is 5.73 Å². The summed E-state index contributed by atoms with van der Waals surface area (Å²) in [5.74, 6) is -0.201. The third-order valence-corrected chi connectivity index (χ3v) is 3.79. The van der Waals surface area contributed by atoms with Crippen molar-refractivity contribution in [1.29, 1.82) is 0 Å². The predicted molar refractivity (Wildman–Crippen MR) is 74.5 cm³/mol. The normalized spacial score (nSPS) is 11.2. The van der Waals surface area contributed by atoms with Gasteiger partial charge in [0.1, 0.15) is 5.56 Å². The van der Waals surface area contributed by atoms with Crippen molar-refractivity contribution in [3.63, 3.8) is 0 Å². The van der Waals surface area contributed by atoms with Gasteiger partial charge in [0.05, 0.1) is 11.9 Å². The number of anilines is 1. The molecule has 0 bridgehead atoms. The predicted octanol–water partition coefficient (Wildman–Crippen LogP) is 1.17. The van der Waals surface area contributed by atoms with Gasteiger partial charge in [-0.3, -0.25) is 9.25 Å². The molecular formula is C11H16N6O2S. The molecule has 8 nitrogen and oxygen atoms in total. The number of rotatable bonds is 5. The monoisotopic (exact) mass is 296 g/mol. The Bertz CT molecular complexity index is 633. The Hall–Kier alpha value is -2.03. The summed E-state index contributed by atoms with van der Waals surface area (Å²) in [6.45, 7) is 3.97. The quantitative estimate of drug-likeness (QED) is 0.796. The highest BCUT2D eigenvalue weighted by molar-refractivity contribution is 7.98. The maximum atomic E-state index is 11.1. The number of carbonyl (C=O) groups is 1. The number of carboxylic acids is 1. The smallest absolute Gasteiger partial charge is 0.339 e. The topological polar surface area (TPSA) is 112 Å². The van der Waals surface area contributed by atoms with Gasteiger partial charge >= 0.3 is 5.97 Å². The van der Waals surface area contributed by atoms with E-state index in [-0.39, 0.29) is 11.6 Å². The molecule has 0 radical (unpaired) electrons. The minimum Gasteiger partial charge on any atom is -0.478 e. The molecule has 20 heavy (non-hydrogen) atoms. The number of aryl methyl sites for hydroxylation is 1. The van der Waals surface area contributed by atoms with Gasteiger partial charge in [-0.15, -0.1) is 10.2 Å². The third kappa shape index (κ3) is 2.62. The Morgan fingerprint density at radius 2 is 2.20 bits per heavy atom. The Labute approximate surface area is 120 Å². The zero-order valence-corrected chi connectivity index (χ0v) is 12.3. The Morgan fingerprint density at radius 1 is 1.50 bits per heavy atom. The summed E-state index contributed by atoms with van der Waals surface area (Å²) in [6, 6.07) is 0.137. The van der Waals surface area contributed by atoms with Crippen LogP contribution in [0, 0.1) is 0 Å². The van der Waals surface area contributed by atoms with Gasteiger partial charge in [0.25, 0.3) is 0 Å². The van der Waals surface area contributed by atoms with E-state index in [2.05, 4.69) is 15.3 Å². The Kier molecular flexibility index (Phi) is 3.98. The largest absolute Gasteiger partial charge is 0.478 e. The van der Waals surface area contributed by atoms with Crippen molar-refractivity contribution >= 4 is 23.7 Å². The van der Waals surface area contributed by atoms with Crippen LogP contribution in [0.3, 0.4) is 0 Å². The summed E-state index contributed by atoms with van der Waals surface area (Å²) < 4.78 is 3.36. The Morgan fingerprint density at radius 3 is 2.80 bits per heavy atom. The molecule has 9 heteroatoms. The molecule has 0 aliphatic carbocycles. The van der Waals surface area contributed by atoms with Gasteiger partial charge in [-0.25, -0.2) is 4.79 Å². The summed E-state index contributed by atoms with van der Waals surface area (Å²) in [7, 11) is 1.71. The van der Waals surface area contributed by atoms with Crippen LogP contribution in [0.1, 0.15) is 35.9 Å². The molecule has 0 fully saturated rings. The molecule has 3 N–H and O–H groups in total. The van der Waals surface area contributed by atoms with E-state index in [1.807, 2.05) is 18.4 Å². The van der Waals surface area contributed by atoms with Gasteiger partial charge in [0, 0.05) is 18.8 Å². The van der Waals surface area contributed by atoms with Gasteiger partial charge < -0.3 is 10.8 Å². The summed E-state index contributed by atoms with van der Waals surface area (Å²) in [5, 5.41) is 21.6. The number of aromatic nitrogens is 5. The lowest BCUT2D eigenvalue weighted by molar-refractivity contribution is 0.0696. The molecule has 2 rings (SSSR count). The summed E-state index contributed by atoms with van der Waals surface area (Å²) >= 11 is 1.38. The zero-order valence-electron chi connectivity index (χ0n) is 11.4.